The summed E-state index contributed by atoms with van der Waals surface area (Å²) >= 11 is 1.45. The first-order valence-corrected chi connectivity index (χ1v) is 6.76. The Morgan fingerprint density at radius 2 is 2.19 bits per heavy atom. The highest BCUT2D eigenvalue weighted by atomic mass is 32.1. The summed E-state index contributed by atoms with van der Waals surface area (Å²) in [5.41, 5.74) is -0.267. The number of hydrogen-bond acceptors (Lipinski definition) is 4. The lowest BCUT2D eigenvalue weighted by Crippen LogP contribution is -2.28. The minimum Gasteiger partial charge on any atom is -0.478 e. The predicted octanol–water partition coefficient (Wildman–Crippen LogP) is 2.61. The summed E-state index contributed by atoms with van der Waals surface area (Å²) in [6.45, 7) is 2.14. The number of thiazole rings is 1. The molecule has 8 heteroatoms. The van der Waals surface area contributed by atoms with Gasteiger partial charge in [0.1, 0.15) is 5.82 Å². The van der Waals surface area contributed by atoms with Gasteiger partial charge in [-0.1, -0.05) is 0 Å². The molecule has 21 heavy (non-hydrogen) atoms. The van der Waals surface area contributed by atoms with E-state index in [9.17, 15) is 14.0 Å². The maximum atomic E-state index is 13.6. The molecular weight excluding hydrogens is 297 g/mol. The molecule has 0 aliphatic rings. The van der Waals surface area contributed by atoms with Gasteiger partial charge in [-0.25, -0.2) is 19.0 Å². The van der Waals surface area contributed by atoms with E-state index in [0.29, 0.717) is 0 Å². The van der Waals surface area contributed by atoms with Gasteiger partial charge in [-0.2, -0.15) is 0 Å². The number of carbonyl (C=O) groups is 2. The number of carboxylic acid groups (broad SMARTS) is 1. The molecule has 1 aromatic heterocycles. The number of aryl methyl sites for hydroxylation is 1. The van der Waals surface area contributed by atoms with E-state index in [1.807, 2.05) is 6.92 Å². The third-order valence-corrected chi connectivity index (χ3v) is 3.47. The van der Waals surface area contributed by atoms with Gasteiger partial charge in [0.15, 0.2) is 0 Å². The van der Waals surface area contributed by atoms with Crippen molar-refractivity contribution in [2.75, 3.05) is 5.32 Å². The average molecular weight is 309 g/mol. The fraction of sp³-hybridized carbons (Fsp3) is 0.154. The lowest BCUT2D eigenvalue weighted by molar-refractivity contribution is 0.0696. The number of urea groups is 1. The molecule has 0 saturated heterocycles. The van der Waals surface area contributed by atoms with Crippen molar-refractivity contribution < 1.29 is 19.1 Å². The molecule has 0 fully saturated rings. The van der Waals surface area contributed by atoms with E-state index in [1.54, 1.807) is 6.20 Å². The van der Waals surface area contributed by atoms with Gasteiger partial charge in [-0.05, 0) is 25.1 Å². The minimum absolute atomic E-state index is 0.0852. The highest BCUT2D eigenvalue weighted by molar-refractivity contribution is 7.11. The summed E-state index contributed by atoms with van der Waals surface area (Å²) in [4.78, 5) is 27.2. The van der Waals surface area contributed by atoms with Gasteiger partial charge in [0.25, 0.3) is 0 Å². The Morgan fingerprint density at radius 1 is 1.43 bits per heavy atom. The molecule has 0 aliphatic carbocycles. The van der Waals surface area contributed by atoms with Crippen LogP contribution in [-0.4, -0.2) is 22.1 Å². The molecule has 0 aliphatic heterocycles. The third-order valence-electron chi connectivity index (χ3n) is 2.56. The maximum absolute atomic E-state index is 13.6. The number of amides is 2. The Bertz CT molecular complexity index is 687. The number of nitrogens with one attached hydrogen (secondary N) is 2. The van der Waals surface area contributed by atoms with E-state index in [1.165, 1.54) is 23.5 Å². The molecule has 0 saturated carbocycles. The van der Waals surface area contributed by atoms with Crippen LogP contribution >= 0.6 is 11.3 Å². The normalized spacial score (nSPS) is 10.2. The number of halogens is 1. The number of hydrogen-bond donors (Lipinski definition) is 3. The number of carbonyl (C=O) groups excluding carboxylic acids is 1. The number of aromatic nitrogens is 1. The Balaban J connectivity index is 1.94. The Morgan fingerprint density at radius 3 is 2.76 bits per heavy atom. The number of anilines is 1. The van der Waals surface area contributed by atoms with Crippen LogP contribution in [0.25, 0.3) is 0 Å². The topological polar surface area (TPSA) is 91.3 Å². The van der Waals surface area contributed by atoms with Crippen LogP contribution < -0.4 is 10.6 Å². The summed E-state index contributed by atoms with van der Waals surface area (Å²) in [5, 5.41) is 14.5. The molecule has 0 atom stereocenters. The average Bonchev–Trinajstić information content (AvgIpc) is 2.84. The smallest absolute Gasteiger partial charge is 0.335 e. The molecule has 0 bridgehead atoms. The van der Waals surface area contributed by atoms with E-state index in [2.05, 4.69) is 15.6 Å². The van der Waals surface area contributed by atoms with Crippen LogP contribution in [0, 0.1) is 12.7 Å². The van der Waals surface area contributed by atoms with Gasteiger partial charge < -0.3 is 15.7 Å². The van der Waals surface area contributed by atoms with Crippen molar-refractivity contribution >= 4 is 29.0 Å². The van der Waals surface area contributed by atoms with Crippen molar-refractivity contribution in [1.29, 1.82) is 0 Å². The van der Waals surface area contributed by atoms with Crippen LogP contribution in [0.5, 0.6) is 0 Å². The Hall–Kier alpha value is -2.48. The van der Waals surface area contributed by atoms with Gasteiger partial charge >= 0.3 is 12.0 Å². The number of benzene rings is 1. The van der Waals surface area contributed by atoms with Crippen molar-refractivity contribution in [3.63, 3.8) is 0 Å². The lowest BCUT2D eigenvalue weighted by Gasteiger charge is -2.08. The number of aromatic carboxylic acids is 1. The van der Waals surface area contributed by atoms with Crippen molar-refractivity contribution in [2.24, 2.45) is 0 Å². The molecule has 0 spiro atoms. The van der Waals surface area contributed by atoms with Crippen molar-refractivity contribution in [3.8, 4) is 0 Å². The van der Waals surface area contributed by atoms with Gasteiger partial charge in [-0.15, -0.1) is 11.3 Å². The first-order valence-electron chi connectivity index (χ1n) is 5.94. The van der Waals surface area contributed by atoms with Gasteiger partial charge in [0, 0.05) is 11.1 Å². The van der Waals surface area contributed by atoms with E-state index >= 15 is 0 Å². The van der Waals surface area contributed by atoms with Crippen molar-refractivity contribution in [2.45, 2.75) is 13.5 Å². The third kappa shape index (κ3) is 3.99. The molecule has 0 radical (unpaired) electrons. The fourth-order valence-electron chi connectivity index (χ4n) is 1.57. The second kappa shape index (κ2) is 6.31. The first kappa shape index (κ1) is 14.9. The number of nitrogens with zero attached hydrogens (tertiary/aromatic N) is 1. The second-order valence-corrected chi connectivity index (χ2v) is 5.47. The standard InChI is InChI=1S/C13H12FN3O3S/c1-7-15-5-9(21-7)6-16-13(20)17-11-3-2-8(12(18)19)4-10(11)14/h2-5H,6H2,1H3,(H,18,19)(H2,16,17,20). The first-order chi connectivity index (χ1) is 9.95. The molecule has 1 aromatic carbocycles. The summed E-state index contributed by atoms with van der Waals surface area (Å²) in [6.07, 6.45) is 1.66. The summed E-state index contributed by atoms with van der Waals surface area (Å²) in [6, 6.07) is 2.69. The molecule has 0 unspecified atom stereocenters. The lowest BCUT2D eigenvalue weighted by atomic mass is 10.2. The minimum atomic E-state index is -1.23. The van der Waals surface area contributed by atoms with Crippen molar-refractivity contribution in [1.82, 2.24) is 10.3 Å². The zero-order chi connectivity index (χ0) is 15.4. The Kier molecular flexibility index (Phi) is 4.49. The fourth-order valence-corrected chi connectivity index (χ4v) is 2.31. The highest BCUT2D eigenvalue weighted by Gasteiger charge is 2.10. The maximum Gasteiger partial charge on any atom is 0.335 e. The molecule has 110 valence electrons. The van der Waals surface area contributed by atoms with E-state index in [0.717, 1.165) is 16.0 Å². The Labute approximate surface area is 123 Å². The molecule has 6 nitrogen and oxygen atoms in total. The molecule has 2 aromatic rings. The van der Waals surface area contributed by atoms with Crippen LogP contribution in [0.15, 0.2) is 24.4 Å². The molecule has 1 heterocycles. The summed E-state index contributed by atoms with van der Waals surface area (Å²) < 4.78 is 13.6. The zero-order valence-corrected chi connectivity index (χ0v) is 11.8. The second-order valence-electron chi connectivity index (χ2n) is 4.15. The highest BCUT2D eigenvalue weighted by Crippen LogP contribution is 2.16. The zero-order valence-electron chi connectivity index (χ0n) is 11.0. The van der Waals surface area contributed by atoms with Crippen LogP contribution in [0.2, 0.25) is 0 Å². The van der Waals surface area contributed by atoms with Crippen LogP contribution in [0.4, 0.5) is 14.9 Å². The van der Waals surface area contributed by atoms with Crippen LogP contribution in [0.1, 0.15) is 20.2 Å². The van der Waals surface area contributed by atoms with Gasteiger partial charge in [-0.3, -0.25) is 0 Å². The SMILES string of the molecule is Cc1ncc(CNC(=O)Nc2ccc(C(=O)O)cc2F)s1. The predicted molar refractivity (Wildman–Crippen MR) is 76.1 cm³/mol. The van der Waals surface area contributed by atoms with E-state index in [4.69, 9.17) is 5.11 Å². The number of rotatable bonds is 4. The van der Waals surface area contributed by atoms with Gasteiger partial charge in [0.2, 0.25) is 0 Å². The molecule has 2 amide bonds. The van der Waals surface area contributed by atoms with Gasteiger partial charge in [0.05, 0.1) is 22.8 Å². The molecule has 2 rings (SSSR count). The van der Waals surface area contributed by atoms with Crippen LogP contribution in [-0.2, 0) is 6.54 Å². The van der Waals surface area contributed by atoms with Crippen LogP contribution in [0.3, 0.4) is 0 Å². The monoisotopic (exact) mass is 309 g/mol. The summed E-state index contributed by atoms with van der Waals surface area (Å²) in [5.74, 6) is -2.04. The molecule has 3 N–H and O–H groups in total. The number of carboxylic acids is 1. The van der Waals surface area contributed by atoms with E-state index < -0.39 is 17.8 Å². The summed E-state index contributed by atoms with van der Waals surface area (Å²) in [7, 11) is 0. The van der Waals surface area contributed by atoms with E-state index in [-0.39, 0.29) is 17.8 Å². The van der Waals surface area contributed by atoms with Crippen molar-refractivity contribution in [3.05, 3.63) is 45.7 Å². The molecular formula is C13H12FN3O3S. The quantitative estimate of drug-likeness (QED) is 0.809. The largest absolute Gasteiger partial charge is 0.478 e.